The molecule has 21 heavy (non-hydrogen) atoms. The van der Waals surface area contributed by atoms with E-state index in [9.17, 15) is 4.79 Å². The molecule has 2 atom stereocenters. The van der Waals surface area contributed by atoms with Gasteiger partial charge >= 0.3 is 5.97 Å². The lowest BCUT2D eigenvalue weighted by molar-refractivity contribution is -0.143. The van der Waals surface area contributed by atoms with E-state index in [1.807, 2.05) is 30.3 Å². The molecule has 0 aromatic heterocycles. The van der Waals surface area contributed by atoms with Gasteiger partial charge in [0.15, 0.2) is 0 Å². The zero-order chi connectivity index (χ0) is 15.7. The van der Waals surface area contributed by atoms with Crippen molar-refractivity contribution < 1.29 is 9.53 Å². The third-order valence-corrected chi connectivity index (χ3v) is 3.97. The average molecular weight is 292 g/mol. The number of methoxy groups -OCH3 is 1. The third kappa shape index (κ3) is 5.48. The molecule has 0 radical (unpaired) electrons. The molecule has 0 aliphatic heterocycles. The Bertz CT molecular complexity index is 405. The minimum absolute atomic E-state index is 0.0790. The summed E-state index contributed by atoms with van der Waals surface area (Å²) in [6.45, 7) is 10.1. The van der Waals surface area contributed by atoms with Gasteiger partial charge in [-0.2, -0.15) is 0 Å². The molecule has 0 bridgehead atoms. The maximum absolute atomic E-state index is 12.0. The molecule has 0 heterocycles. The minimum Gasteiger partial charge on any atom is -0.468 e. The molecule has 1 rings (SSSR count). The molecule has 0 aliphatic carbocycles. The molecule has 1 aromatic rings. The van der Waals surface area contributed by atoms with Gasteiger partial charge in [0, 0.05) is 19.0 Å². The second-order valence-corrected chi connectivity index (χ2v) is 5.18. The van der Waals surface area contributed by atoms with Gasteiger partial charge in [0.2, 0.25) is 0 Å². The summed E-state index contributed by atoms with van der Waals surface area (Å²) in [5, 5.41) is 3.35. The second-order valence-electron chi connectivity index (χ2n) is 5.18. The Morgan fingerprint density at radius 3 is 2.38 bits per heavy atom. The molecular formula is C17H28N2O2. The number of esters is 1. The van der Waals surface area contributed by atoms with Crippen LogP contribution in [0.15, 0.2) is 30.3 Å². The topological polar surface area (TPSA) is 41.6 Å². The predicted molar refractivity (Wildman–Crippen MR) is 86.5 cm³/mol. The lowest BCUT2D eigenvalue weighted by atomic mass is 9.93. The molecular weight excluding hydrogens is 264 g/mol. The van der Waals surface area contributed by atoms with Crippen LogP contribution in [0.2, 0.25) is 0 Å². The molecule has 0 saturated carbocycles. The highest BCUT2D eigenvalue weighted by Crippen LogP contribution is 2.19. The standard InChI is InChI=1S/C17H28N2O2/c1-5-19(6-2)13-12-18-16(17(20)21-4)14(3)15-10-8-7-9-11-15/h7-11,14,16,18H,5-6,12-13H2,1-4H3. The van der Waals surface area contributed by atoms with Gasteiger partial charge < -0.3 is 15.0 Å². The fourth-order valence-corrected chi connectivity index (χ4v) is 2.46. The number of ether oxygens (including phenoxy) is 1. The summed E-state index contributed by atoms with van der Waals surface area (Å²) in [6, 6.07) is 9.76. The summed E-state index contributed by atoms with van der Waals surface area (Å²) in [4.78, 5) is 14.4. The Labute approximate surface area is 128 Å². The van der Waals surface area contributed by atoms with E-state index in [-0.39, 0.29) is 17.9 Å². The van der Waals surface area contributed by atoms with Gasteiger partial charge in [-0.05, 0) is 18.7 Å². The Morgan fingerprint density at radius 1 is 1.24 bits per heavy atom. The van der Waals surface area contributed by atoms with E-state index in [0.717, 1.165) is 31.7 Å². The first-order chi connectivity index (χ1) is 10.1. The number of rotatable bonds is 9. The van der Waals surface area contributed by atoms with Crippen molar-refractivity contribution in [1.29, 1.82) is 0 Å². The molecule has 2 unspecified atom stereocenters. The number of likely N-dealkylation sites (N-methyl/N-ethyl adjacent to an activating group) is 1. The molecule has 1 N–H and O–H groups in total. The minimum atomic E-state index is -0.312. The largest absolute Gasteiger partial charge is 0.468 e. The lowest BCUT2D eigenvalue weighted by Crippen LogP contribution is -2.45. The Hall–Kier alpha value is -1.39. The molecule has 0 aliphatic rings. The van der Waals surface area contributed by atoms with E-state index in [4.69, 9.17) is 4.74 Å². The van der Waals surface area contributed by atoms with Crippen molar-refractivity contribution in [3.8, 4) is 0 Å². The molecule has 0 fully saturated rings. The lowest BCUT2D eigenvalue weighted by Gasteiger charge is -2.25. The van der Waals surface area contributed by atoms with Gasteiger partial charge in [-0.3, -0.25) is 4.79 Å². The Balaban J connectivity index is 2.66. The summed E-state index contributed by atoms with van der Waals surface area (Å²) < 4.78 is 4.95. The normalized spacial score (nSPS) is 14.0. The van der Waals surface area contributed by atoms with Crippen LogP contribution in [-0.2, 0) is 9.53 Å². The van der Waals surface area contributed by atoms with E-state index in [1.54, 1.807) is 0 Å². The smallest absolute Gasteiger partial charge is 0.323 e. The number of hydrogen-bond donors (Lipinski definition) is 1. The summed E-state index contributed by atoms with van der Waals surface area (Å²) in [6.07, 6.45) is 0. The van der Waals surface area contributed by atoms with Crippen LogP contribution in [0.25, 0.3) is 0 Å². The van der Waals surface area contributed by atoms with Crippen LogP contribution in [-0.4, -0.2) is 50.2 Å². The van der Waals surface area contributed by atoms with E-state index >= 15 is 0 Å². The maximum atomic E-state index is 12.0. The molecule has 4 heteroatoms. The van der Waals surface area contributed by atoms with Crippen LogP contribution in [0.5, 0.6) is 0 Å². The first-order valence-corrected chi connectivity index (χ1v) is 7.72. The number of hydrogen-bond acceptors (Lipinski definition) is 4. The Kier molecular flexibility index (Phi) is 8.01. The highest BCUT2D eigenvalue weighted by Gasteiger charge is 2.26. The van der Waals surface area contributed by atoms with Crippen molar-refractivity contribution >= 4 is 5.97 Å². The third-order valence-electron chi connectivity index (χ3n) is 3.97. The zero-order valence-electron chi connectivity index (χ0n) is 13.6. The number of benzene rings is 1. The van der Waals surface area contributed by atoms with E-state index in [2.05, 4.69) is 31.0 Å². The molecule has 0 amide bonds. The summed E-state index contributed by atoms with van der Waals surface area (Å²) in [5.74, 6) is -0.124. The van der Waals surface area contributed by atoms with Crippen molar-refractivity contribution in [2.45, 2.75) is 32.7 Å². The molecule has 1 aromatic carbocycles. The van der Waals surface area contributed by atoms with Gasteiger partial charge in [-0.1, -0.05) is 51.1 Å². The van der Waals surface area contributed by atoms with Crippen LogP contribution in [0, 0.1) is 0 Å². The van der Waals surface area contributed by atoms with Crippen molar-refractivity contribution in [2.75, 3.05) is 33.3 Å². The summed E-state index contributed by atoms with van der Waals surface area (Å²) in [5.41, 5.74) is 1.14. The van der Waals surface area contributed by atoms with Crippen molar-refractivity contribution in [1.82, 2.24) is 10.2 Å². The number of nitrogens with zero attached hydrogens (tertiary/aromatic N) is 1. The summed E-state index contributed by atoms with van der Waals surface area (Å²) >= 11 is 0. The van der Waals surface area contributed by atoms with Gasteiger partial charge in [0.05, 0.1) is 7.11 Å². The molecule has 4 nitrogen and oxygen atoms in total. The Morgan fingerprint density at radius 2 is 1.86 bits per heavy atom. The average Bonchev–Trinajstić information content (AvgIpc) is 2.54. The van der Waals surface area contributed by atoms with Crippen molar-refractivity contribution in [3.05, 3.63) is 35.9 Å². The number of carbonyl (C=O) groups is 1. The van der Waals surface area contributed by atoms with E-state index in [1.165, 1.54) is 7.11 Å². The van der Waals surface area contributed by atoms with Gasteiger partial charge in [0.1, 0.15) is 6.04 Å². The first-order valence-electron chi connectivity index (χ1n) is 7.72. The van der Waals surface area contributed by atoms with Gasteiger partial charge in [0.25, 0.3) is 0 Å². The number of nitrogens with one attached hydrogen (secondary N) is 1. The zero-order valence-corrected chi connectivity index (χ0v) is 13.6. The molecule has 118 valence electrons. The van der Waals surface area contributed by atoms with Crippen molar-refractivity contribution in [2.24, 2.45) is 0 Å². The van der Waals surface area contributed by atoms with Crippen LogP contribution >= 0.6 is 0 Å². The monoisotopic (exact) mass is 292 g/mol. The maximum Gasteiger partial charge on any atom is 0.323 e. The van der Waals surface area contributed by atoms with Gasteiger partial charge in [-0.15, -0.1) is 0 Å². The van der Waals surface area contributed by atoms with E-state index < -0.39 is 0 Å². The predicted octanol–water partition coefficient (Wildman–Crippen LogP) is 2.26. The van der Waals surface area contributed by atoms with Crippen molar-refractivity contribution in [3.63, 3.8) is 0 Å². The fraction of sp³-hybridized carbons (Fsp3) is 0.588. The highest BCUT2D eigenvalue weighted by atomic mass is 16.5. The van der Waals surface area contributed by atoms with Crippen LogP contribution in [0.3, 0.4) is 0 Å². The second kappa shape index (κ2) is 9.53. The molecule has 0 spiro atoms. The van der Waals surface area contributed by atoms with Crippen LogP contribution < -0.4 is 5.32 Å². The van der Waals surface area contributed by atoms with Crippen LogP contribution in [0.1, 0.15) is 32.3 Å². The molecule has 0 saturated heterocycles. The number of carbonyl (C=O) groups excluding carboxylic acids is 1. The van der Waals surface area contributed by atoms with E-state index in [0.29, 0.717) is 0 Å². The first kappa shape index (κ1) is 17.7. The quantitative estimate of drug-likeness (QED) is 0.709. The highest BCUT2D eigenvalue weighted by molar-refractivity contribution is 5.77. The summed E-state index contributed by atoms with van der Waals surface area (Å²) in [7, 11) is 1.44. The van der Waals surface area contributed by atoms with Crippen LogP contribution in [0.4, 0.5) is 0 Å². The van der Waals surface area contributed by atoms with Gasteiger partial charge in [-0.25, -0.2) is 0 Å². The fourth-order valence-electron chi connectivity index (χ4n) is 2.46. The SMILES string of the molecule is CCN(CC)CCNC(C(=O)OC)C(C)c1ccccc1.